The van der Waals surface area contributed by atoms with E-state index in [-0.39, 0.29) is 0 Å². The van der Waals surface area contributed by atoms with Gasteiger partial charge in [-0.15, -0.1) is 0 Å². The molecule has 2 rings (SSSR count). The zero-order chi connectivity index (χ0) is 13.5. The number of benzene rings is 1. The van der Waals surface area contributed by atoms with Crippen molar-refractivity contribution in [2.45, 2.75) is 25.8 Å². The van der Waals surface area contributed by atoms with E-state index in [0.717, 1.165) is 24.4 Å². The third-order valence-electron chi connectivity index (χ3n) is 3.20. The Hall–Kier alpha value is -1.38. The molecule has 0 fully saturated rings. The highest BCUT2D eigenvalue weighted by Gasteiger charge is 2.13. The Labute approximate surface area is 119 Å². The molecule has 2 aromatic rings. The number of hydrogen-bond donors (Lipinski definition) is 1. The third kappa shape index (κ3) is 4.05. The molecule has 0 saturated heterocycles. The number of rotatable bonds is 6. The van der Waals surface area contributed by atoms with Crippen molar-refractivity contribution in [3.05, 3.63) is 64.9 Å². The van der Waals surface area contributed by atoms with Crippen LogP contribution in [0.4, 0.5) is 0 Å². The van der Waals surface area contributed by atoms with Crippen LogP contribution in [0.1, 0.15) is 30.5 Å². The summed E-state index contributed by atoms with van der Waals surface area (Å²) in [6.07, 6.45) is 5.73. The first kappa shape index (κ1) is 14.0. The number of pyridine rings is 1. The Morgan fingerprint density at radius 2 is 1.89 bits per heavy atom. The molecule has 1 N–H and O–H groups in total. The first-order valence-corrected chi connectivity index (χ1v) is 7.05. The number of aryl methyl sites for hydroxylation is 1. The molecule has 3 heteroatoms. The van der Waals surface area contributed by atoms with Crippen LogP contribution < -0.4 is 5.32 Å². The lowest BCUT2D eigenvalue weighted by Gasteiger charge is -2.19. The summed E-state index contributed by atoms with van der Waals surface area (Å²) in [5, 5.41) is 4.35. The summed E-state index contributed by atoms with van der Waals surface area (Å²) in [7, 11) is 0. The minimum absolute atomic E-state index is 0.298. The summed E-state index contributed by atoms with van der Waals surface area (Å²) in [4.78, 5) is 4.04. The van der Waals surface area contributed by atoms with E-state index in [1.165, 1.54) is 11.1 Å². The molecule has 19 heavy (non-hydrogen) atoms. The van der Waals surface area contributed by atoms with Gasteiger partial charge in [-0.1, -0.05) is 36.7 Å². The fourth-order valence-corrected chi connectivity index (χ4v) is 2.50. The van der Waals surface area contributed by atoms with Gasteiger partial charge in [0.05, 0.1) is 0 Å². The van der Waals surface area contributed by atoms with Crippen LogP contribution in [-0.2, 0) is 6.42 Å². The maximum absolute atomic E-state index is 6.29. The molecule has 0 spiro atoms. The van der Waals surface area contributed by atoms with Crippen molar-refractivity contribution in [1.29, 1.82) is 0 Å². The van der Waals surface area contributed by atoms with Crippen LogP contribution in [0.5, 0.6) is 0 Å². The van der Waals surface area contributed by atoms with Gasteiger partial charge >= 0.3 is 0 Å². The molecule has 0 amide bonds. The Bertz CT molecular complexity index is 499. The van der Waals surface area contributed by atoms with Crippen LogP contribution in [0.15, 0.2) is 48.8 Å². The van der Waals surface area contributed by atoms with Crippen molar-refractivity contribution in [1.82, 2.24) is 10.3 Å². The Kier molecular flexibility index (Phi) is 5.37. The highest BCUT2D eigenvalue weighted by Crippen LogP contribution is 2.26. The maximum atomic E-state index is 6.29. The van der Waals surface area contributed by atoms with Crippen molar-refractivity contribution in [2.24, 2.45) is 0 Å². The van der Waals surface area contributed by atoms with Crippen LogP contribution in [0.3, 0.4) is 0 Å². The summed E-state index contributed by atoms with van der Waals surface area (Å²) in [5.74, 6) is 0. The van der Waals surface area contributed by atoms with Crippen LogP contribution in [-0.4, -0.2) is 11.5 Å². The van der Waals surface area contributed by atoms with Gasteiger partial charge in [0, 0.05) is 23.5 Å². The van der Waals surface area contributed by atoms with Gasteiger partial charge < -0.3 is 5.32 Å². The molecule has 0 aliphatic carbocycles. The molecule has 1 heterocycles. The standard InChI is InChI=1S/C16H19ClN2/c1-2-19-16(14-5-3-4-6-15(14)17)8-7-13-9-11-18-12-10-13/h3-6,9-12,16,19H,2,7-8H2,1H3. The molecule has 0 bridgehead atoms. The molecule has 100 valence electrons. The number of aromatic nitrogens is 1. The van der Waals surface area contributed by atoms with Crippen molar-refractivity contribution in [2.75, 3.05) is 6.54 Å². The van der Waals surface area contributed by atoms with Crippen LogP contribution >= 0.6 is 11.6 Å². The molecular formula is C16H19ClN2. The average Bonchev–Trinajstić information content (AvgIpc) is 2.45. The van der Waals surface area contributed by atoms with Crippen molar-refractivity contribution in [3.63, 3.8) is 0 Å². The lowest BCUT2D eigenvalue weighted by atomic mass is 9.99. The van der Waals surface area contributed by atoms with Crippen molar-refractivity contribution < 1.29 is 0 Å². The van der Waals surface area contributed by atoms with E-state index in [0.29, 0.717) is 6.04 Å². The van der Waals surface area contributed by atoms with Crippen LogP contribution in [0, 0.1) is 0 Å². The molecule has 2 nitrogen and oxygen atoms in total. The first-order chi connectivity index (χ1) is 9.31. The van der Waals surface area contributed by atoms with Gasteiger partial charge in [0.2, 0.25) is 0 Å². The normalized spacial score (nSPS) is 12.3. The Morgan fingerprint density at radius 1 is 1.16 bits per heavy atom. The van der Waals surface area contributed by atoms with Gasteiger partial charge in [0.15, 0.2) is 0 Å². The minimum Gasteiger partial charge on any atom is -0.310 e. The largest absolute Gasteiger partial charge is 0.310 e. The highest BCUT2D eigenvalue weighted by atomic mass is 35.5. The fraction of sp³-hybridized carbons (Fsp3) is 0.312. The summed E-state index contributed by atoms with van der Waals surface area (Å²) >= 11 is 6.29. The maximum Gasteiger partial charge on any atom is 0.0453 e. The molecule has 0 aliphatic rings. The van der Waals surface area contributed by atoms with E-state index in [9.17, 15) is 0 Å². The van der Waals surface area contributed by atoms with Crippen molar-refractivity contribution >= 4 is 11.6 Å². The molecule has 1 aromatic carbocycles. The zero-order valence-electron chi connectivity index (χ0n) is 11.1. The van der Waals surface area contributed by atoms with E-state index in [2.05, 4.69) is 35.4 Å². The van der Waals surface area contributed by atoms with Gasteiger partial charge in [-0.2, -0.15) is 0 Å². The Balaban J connectivity index is 2.07. The van der Waals surface area contributed by atoms with Gasteiger partial charge in [0.25, 0.3) is 0 Å². The number of hydrogen-bond acceptors (Lipinski definition) is 2. The lowest BCUT2D eigenvalue weighted by molar-refractivity contribution is 0.515. The van der Waals surface area contributed by atoms with E-state index < -0.39 is 0 Å². The van der Waals surface area contributed by atoms with Gasteiger partial charge in [-0.25, -0.2) is 0 Å². The number of halogens is 1. The van der Waals surface area contributed by atoms with Gasteiger partial charge in [0.1, 0.15) is 0 Å². The van der Waals surface area contributed by atoms with Crippen molar-refractivity contribution in [3.8, 4) is 0 Å². The summed E-state index contributed by atoms with van der Waals surface area (Å²) in [6, 6.07) is 12.5. The van der Waals surface area contributed by atoms with Gasteiger partial charge in [-0.05, 0) is 48.7 Å². The summed E-state index contributed by atoms with van der Waals surface area (Å²) < 4.78 is 0. The van der Waals surface area contributed by atoms with Crippen LogP contribution in [0.25, 0.3) is 0 Å². The van der Waals surface area contributed by atoms with Gasteiger partial charge in [-0.3, -0.25) is 4.98 Å². The molecule has 0 aliphatic heterocycles. The zero-order valence-corrected chi connectivity index (χ0v) is 11.9. The van der Waals surface area contributed by atoms with E-state index in [1.807, 2.05) is 30.6 Å². The molecule has 0 radical (unpaired) electrons. The molecular weight excluding hydrogens is 256 g/mol. The predicted molar refractivity (Wildman–Crippen MR) is 80.4 cm³/mol. The number of nitrogens with zero attached hydrogens (tertiary/aromatic N) is 1. The first-order valence-electron chi connectivity index (χ1n) is 6.68. The average molecular weight is 275 g/mol. The van der Waals surface area contributed by atoms with E-state index in [4.69, 9.17) is 11.6 Å². The van der Waals surface area contributed by atoms with Crippen LogP contribution in [0.2, 0.25) is 5.02 Å². The number of nitrogens with one attached hydrogen (secondary N) is 1. The summed E-state index contributed by atoms with van der Waals surface area (Å²) in [5.41, 5.74) is 2.49. The quantitative estimate of drug-likeness (QED) is 0.861. The highest BCUT2D eigenvalue weighted by molar-refractivity contribution is 6.31. The molecule has 1 unspecified atom stereocenters. The second-order valence-corrected chi connectivity index (χ2v) is 4.93. The second kappa shape index (κ2) is 7.27. The third-order valence-corrected chi connectivity index (χ3v) is 3.55. The topological polar surface area (TPSA) is 24.9 Å². The monoisotopic (exact) mass is 274 g/mol. The fourth-order valence-electron chi connectivity index (χ4n) is 2.23. The SMILES string of the molecule is CCNC(CCc1ccncc1)c1ccccc1Cl. The molecule has 1 aromatic heterocycles. The minimum atomic E-state index is 0.298. The molecule has 0 saturated carbocycles. The lowest BCUT2D eigenvalue weighted by Crippen LogP contribution is -2.21. The summed E-state index contributed by atoms with van der Waals surface area (Å²) in [6.45, 7) is 3.06. The smallest absolute Gasteiger partial charge is 0.0453 e. The predicted octanol–water partition coefficient (Wildman–Crippen LogP) is 4.02. The Morgan fingerprint density at radius 3 is 2.58 bits per heavy atom. The van der Waals surface area contributed by atoms with E-state index in [1.54, 1.807) is 0 Å². The molecule has 1 atom stereocenters. The van der Waals surface area contributed by atoms with E-state index >= 15 is 0 Å². The second-order valence-electron chi connectivity index (χ2n) is 4.53.